The second kappa shape index (κ2) is 18.3. The van der Waals surface area contributed by atoms with Crippen LogP contribution < -0.4 is 0 Å². The van der Waals surface area contributed by atoms with E-state index in [-0.39, 0.29) is 42.4 Å². The zero-order valence-corrected chi connectivity index (χ0v) is 34.7. The van der Waals surface area contributed by atoms with Gasteiger partial charge in [-0.2, -0.15) is 0 Å². The summed E-state index contributed by atoms with van der Waals surface area (Å²) in [4.78, 5) is 18.3. The number of cyclic esters (lactones) is 1. The van der Waals surface area contributed by atoms with Crippen molar-refractivity contribution in [2.24, 2.45) is 29.6 Å². The molecule has 0 radical (unpaired) electrons. The molecule has 0 amide bonds. The molecule has 306 valence electrons. The van der Waals surface area contributed by atoms with Crippen LogP contribution in [0.2, 0.25) is 0 Å². The third-order valence-corrected chi connectivity index (χ3v) is 12.3. The van der Waals surface area contributed by atoms with E-state index in [0.29, 0.717) is 19.4 Å². The highest BCUT2D eigenvalue weighted by Gasteiger charge is 2.52. The Morgan fingerprint density at radius 2 is 1.54 bits per heavy atom. The van der Waals surface area contributed by atoms with Crippen LogP contribution in [0.25, 0.3) is 0 Å². The first-order valence-electron chi connectivity index (χ1n) is 19.5. The van der Waals surface area contributed by atoms with E-state index < -0.39 is 84.3 Å². The number of aliphatic hydroxyl groups excluding tert-OH is 3. The fourth-order valence-corrected chi connectivity index (χ4v) is 8.94. The predicted molar refractivity (Wildman–Crippen MR) is 197 cm³/mol. The summed E-state index contributed by atoms with van der Waals surface area (Å²) in [6.07, 6.45) is -7.01. The largest absolute Gasteiger partial charge is 0.461 e. The van der Waals surface area contributed by atoms with Gasteiger partial charge in [0.05, 0.1) is 47.6 Å². The maximum absolute atomic E-state index is 14.3. The van der Waals surface area contributed by atoms with Gasteiger partial charge in [-0.25, -0.2) is 0 Å². The monoisotopic (exact) mass is 747 g/mol. The van der Waals surface area contributed by atoms with Crippen LogP contribution >= 0.6 is 0 Å². The van der Waals surface area contributed by atoms with Crippen LogP contribution in [0.5, 0.6) is 0 Å². The number of ether oxygens (including phenoxy) is 6. The van der Waals surface area contributed by atoms with E-state index in [2.05, 4.69) is 11.8 Å². The van der Waals surface area contributed by atoms with Gasteiger partial charge in [-0.3, -0.25) is 4.79 Å². The van der Waals surface area contributed by atoms with Gasteiger partial charge in [-0.05, 0) is 87.4 Å². The maximum Gasteiger partial charge on any atom is 0.311 e. The fourth-order valence-electron chi connectivity index (χ4n) is 8.94. The number of aliphatic hydroxyl groups is 4. The van der Waals surface area contributed by atoms with Crippen LogP contribution in [0, 0.1) is 29.6 Å². The first-order chi connectivity index (χ1) is 23.9. The standard InChI is InChI=1S/C39H74N2O11/c1-20(2)32-23(5)30(42)26(8)41(14)19-21(3)17-38(10,46)35(52-37-31(43)28(40(12)13)16-22(4)48-37)24(6)33(25(7)36(45)51-32)50-29-18-39(11,47-15)34(44)27(9)49-29/h20-35,37,42-44,46H,16-19H2,1-15H3/t21-,22-,23-,24+,25-,26-,27+,28+,29+,30+,31-,32-,33+,34+,35-,37+,38+,39-/m1/s1. The summed E-state index contributed by atoms with van der Waals surface area (Å²) in [5.74, 6) is -2.63. The number of rotatable bonds is 7. The molecule has 3 aliphatic rings. The normalized spacial score (nSPS) is 48.3. The molecular formula is C39H74N2O11. The van der Waals surface area contributed by atoms with Gasteiger partial charge in [-0.15, -0.1) is 0 Å². The van der Waals surface area contributed by atoms with Crippen LogP contribution in [0.4, 0.5) is 0 Å². The molecule has 13 nitrogen and oxygen atoms in total. The lowest BCUT2D eigenvalue weighted by Crippen LogP contribution is -2.60. The smallest absolute Gasteiger partial charge is 0.311 e. The molecule has 4 N–H and O–H groups in total. The van der Waals surface area contributed by atoms with Crippen molar-refractivity contribution in [1.82, 2.24) is 9.80 Å². The van der Waals surface area contributed by atoms with E-state index in [0.717, 1.165) is 0 Å². The molecule has 3 rings (SSSR count). The Labute approximate surface area is 313 Å². The quantitative estimate of drug-likeness (QED) is 0.282. The lowest BCUT2D eigenvalue weighted by molar-refractivity contribution is -0.318. The van der Waals surface area contributed by atoms with Crippen molar-refractivity contribution in [1.29, 1.82) is 0 Å². The molecule has 3 fully saturated rings. The van der Waals surface area contributed by atoms with Gasteiger partial charge in [0.2, 0.25) is 0 Å². The van der Waals surface area contributed by atoms with Gasteiger partial charge in [0.25, 0.3) is 0 Å². The van der Waals surface area contributed by atoms with Gasteiger partial charge in [-0.1, -0.05) is 34.6 Å². The van der Waals surface area contributed by atoms with Gasteiger partial charge < -0.3 is 58.6 Å². The average molecular weight is 747 g/mol. The molecule has 3 saturated heterocycles. The van der Waals surface area contributed by atoms with Crippen LogP contribution in [-0.4, -0.2) is 156 Å². The topological polar surface area (TPSA) is 160 Å². The summed E-state index contributed by atoms with van der Waals surface area (Å²) >= 11 is 0. The van der Waals surface area contributed by atoms with E-state index in [4.69, 9.17) is 28.4 Å². The zero-order chi connectivity index (χ0) is 39.6. The minimum atomic E-state index is -1.50. The lowest BCUT2D eigenvalue weighted by Gasteiger charge is -2.48. The number of carbonyl (C=O) groups excluding carboxylic acids is 1. The Bertz CT molecular complexity index is 1130. The Morgan fingerprint density at radius 1 is 0.923 bits per heavy atom. The molecule has 0 aromatic carbocycles. The molecule has 0 aromatic heterocycles. The molecule has 0 aliphatic carbocycles. The summed E-state index contributed by atoms with van der Waals surface area (Å²) in [6.45, 7) is 21.2. The van der Waals surface area contributed by atoms with Crippen molar-refractivity contribution in [3.63, 3.8) is 0 Å². The minimum Gasteiger partial charge on any atom is -0.461 e. The van der Waals surface area contributed by atoms with E-state index in [1.165, 1.54) is 7.11 Å². The van der Waals surface area contributed by atoms with Crippen LogP contribution in [0.3, 0.4) is 0 Å². The van der Waals surface area contributed by atoms with Crippen molar-refractivity contribution in [3.05, 3.63) is 0 Å². The highest BCUT2D eigenvalue weighted by atomic mass is 16.7. The number of likely N-dealkylation sites (N-methyl/N-ethyl adjacent to an activating group) is 2. The van der Waals surface area contributed by atoms with E-state index in [1.807, 2.05) is 67.6 Å². The lowest BCUT2D eigenvalue weighted by atomic mass is 9.77. The van der Waals surface area contributed by atoms with Gasteiger partial charge in [0.1, 0.15) is 18.3 Å². The molecule has 3 aliphatic heterocycles. The third kappa shape index (κ3) is 10.5. The molecule has 0 aromatic rings. The Morgan fingerprint density at radius 3 is 2.10 bits per heavy atom. The Hall–Kier alpha value is -0.970. The van der Waals surface area contributed by atoms with E-state index in [9.17, 15) is 25.2 Å². The molecule has 3 heterocycles. The Balaban J connectivity index is 2.17. The summed E-state index contributed by atoms with van der Waals surface area (Å²) < 4.78 is 38.0. The van der Waals surface area contributed by atoms with Crippen molar-refractivity contribution < 1.29 is 53.6 Å². The summed E-state index contributed by atoms with van der Waals surface area (Å²) in [7, 11) is 7.29. The SMILES string of the molecule is CO[C@]1(C)C[C@H](O[C@H]2[C@H](C)[C@@H](O[C@@H]3O[C@H](C)C[C@H](N(C)C)[C@H]3O)[C@@](C)(O)C[C@@H](C)CN(C)[C@H](C)[C@@H](O)[C@@H](C)[C@@H](C(C)C)OC(=O)[C@@H]2C)O[C@@H](C)[C@@H]1O. The van der Waals surface area contributed by atoms with Crippen molar-refractivity contribution in [2.45, 2.75) is 180 Å². The van der Waals surface area contributed by atoms with Crippen molar-refractivity contribution >= 4 is 5.97 Å². The van der Waals surface area contributed by atoms with E-state index in [1.54, 1.807) is 27.7 Å². The first-order valence-corrected chi connectivity index (χ1v) is 19.5. The maximum atomic E-state index is 14.3. The number of esters is 1. The number of hydrogen-bond donors (Lipinski definition) is 4. The highest BCUT2D eigenvalue weighted by molar-refractivity contribution is 5.73. The number of nitrogens with zero attached hydrogens (tertiary/aromatic N) is 2. The summed E-state index contributed by atoms with van der Waals surface area (Å²) in [5, 5.41) is 46.6. The van der Waals surface area contributed by atoms with Crippen LogP contribution in [-0.2, 0) is 33.2 Å². The van der Waals surface area contributed by atoms with Gasteiger partial charge in [0, 0.05) is 44.0 Å². The van der Waals surface area contributed by atoms with Gasteiger partial charge in [0.15, 0.2) is 12.6 Å². The van der Waals surface area contributed by atoms with Crippen LogP contribution in [0.15, 0.2) is 0 Å². The summed E-state index contributed by atoms with van der Waals surface area (Å²) in [5.41, 5.74) is -2.49. The molecular weight excluding hydrogens is 672 g/mol. The third-order valence-electron chi connectivity index (χ3n) is 12.3. The van der Waals surface area contributed by atoms with Gasteiger partial charge >= 0.3 is 5.97 Å². The predicted octanol–water partition coefficient (Wildman–Crippen LogP) is 3.03. The zero-order valence-electron chi connectivity index (χ0n) is 34.7. The van der Waals surface area contributed by atoms with Crippen molar-refractivity contribution in [3.8, 4) is 0 Å². The number of methoxy groups -OCH3 is 1. The van der Waals surface area contributed by atoms with E-state index >= 15 is 0 Å². The average Bonchev–Trinajstić information content (AvgIpc) is 3.05. The fraction of sp³-hybridized carbons (Fsp3) is 0.974. The molecule has 13 heteroatoms. The second-order valence-corrected chi connectivity index (χ2v) is 17.7. The van der Waals surface area contributed by atoms with Crippen LogP contribution in [0.1, 0.15) is 95.4 Å². The molecule has 0 unspecified atom stereocenters. The molecule has 0 bridgehead atoms. The molecule has 18 atom stereocenters. The highest BCUT2D eigenvalue weighted by Crippen LogP contribution is 2.40. The number of hydrogen-bond acceptors (Lipinski definition) is 13. The number of carbonyl (C=O) groups is 1. The minimum absolute atomic E-state index is 0.0546. The molecule has 0 saturated carbocycles. The summed E-state index contributed by atoms with van der Waals surface area (Å²) in [6, 6.07) is -0.513. The van der Waals surface area contributed by atoms with Crippen molar-refractivity contribution in [2.75, 3.05) is 34.8 Å². The Kier molecular flexibility index (Phi) is 16.0. The first kappa shape index (κ1) is 45.4. The molecule has 0 spiro atoms. The second-order valence-electron chi connectivity index (χ2n) is 17.7. The molecule has 52 heavy (non-hydrogen) atoms.